The summed E-state index contributed by atoms with van der Waals surface area (Å²) in [6, 6.07) is 18.6. The van der Waals surface area contributed by atoms with Crippen LogP contribution >= 0.6 is 0 Å². The van der Waals surface area contributed by atoms with Gasteiger partial charge in [0, 0.05) is 26.2 Å². The first-order valence-corrected chi connectivity index (χ1v) is 7.44. The summed E-state index contributed by atoms with van der Waals surface area (Å²) in [6.07, 6.45) is 0. The molecule has 0 heterocycles. The molecule has 2 rings (SSSR count). The first-order valence-electron chi connectivity index (χ1n) is 7.44. The molecular weight excluding hydrogens is 260 g/mol. The Morgan fingerprint density at radius 2 is 1.67 bits per heavy atom. The molecule has 3 heteroatoms. The molecule has 2 aromatic rings. The summed E-state index contributed by atoms with van der Waals surface area (Å²) in [5, 5.41) is 0. The largest absolute Gasteiger partial charge is 0.492 e. The quantitative estimate of drug-likeness (QED) is 0.810. The molecule has 112 valence electrons. The summed E-state index contributed by atoms with van der Waals surface area (Å²) in [4.78, 5) is 2.33. The lowest BCUT2D eigenvalue weighted by Crippen LogP contribution is -2.32. The Hall–Kier alpha value is -1.84. The van der Waals surface area contributed by atoms with E-state index < -0.39 is 0 Å². The van der Waals surface area contributed by atoms with Crippen LogP contribution in [0.1, 0.15) is 11.1 Å². The lowest BCUT2D eigenvalue weighted by Gasteiger charge is -2.22. The monoisotopic (exact) mass is 284 g/mol. The second-order valence-electron chi connectivity index (χ2n) is 5.16. The minimum atomic E-state index is 0.664. The zero-order valence-electron chi connectivity index (χ0n) is 12.7. The first-order chi connectivity index (χ1) is 10.3. The summed E-state index contributed by atoms with van der Waals surface area (Å²) < 4.78 is 5.87. The van der Waals surface area contributed by atoms with Crippen LogP contribution in [0.4, 0.5) is 0 Å². The number of benzene rings is 2. The van der Waals surface area contributed by atoms with E-state index in [1.54, 1.807) is 0 Å². The molecule has 0 aliphatic carbocycles. The van der Waals surface area contributed by atoms with Crippen LogP contribution in [0.5, 0.6) is 5.75 Å². The van der Waals surface area contributed by atoms with Crippen LogP contribution in [0.3, 0.4) is 0 Å². The third-order valence-electron chi connectivity index (χ3n) is 3.45. The Balaban J connectivity index is 1.84. The number of nitrogens with two attached hydrogens (primary N) is 1. The number of ether oxygens (including phenoxy) is 1. The molecule has 0 atom stereocenters. The standard InChI is InChI=1S/C18H24N2O/c1-16-7-5-6-10-18(16)21-14-13-20(12-11-19)15-17-8-3-2-4-9-17/h2-10H,11-15,19H2,1H3. The van der Waals surface area contributed by atoms with Gasteiger partial charge in [0.1, 0.15) is 12.4 Å². The molecule has 0 amide bonds. The van der Waals surface area contributed by atoms with Crippen molar-refractivity contribution in [1.29, 1.82) is 0 Å². The van der Waals surface area contributed by atoms with Gasteiger partial charge in [-0.3, -0.25) is 4.90 Å². The second kappa shape index (κ2) is 8.45. The van der Waals surface area contributed by atoms with Gasteiger partial charge in [-0.25, -0.2) is 0 Å². The summed E-state index contributed by atoms with van der Waals surface area (Å²) in [5.41, 5.74) is 8.19. The fourth-order valence-electron chi connectivity index (χ4n) is 2.30. The normalized spacial score (nSPS) is 10.8. The van der Waals surface area contributed by atoms with Crippen molar-refractivity contribution in [3.05, 3.63) is 65.7 Å². The van der Waals surface area contributed by atoms with Gasteiger partial charge in [0.2, 0.25) is 0 Å². The topological polar surface area (TPSA) is 38.5 Å². The van der Waals surface area contributed by atoms with E-state index in [4.69, 9.17) is 10.5 Å². The molecule has 0 saturated heterocycles. The Labute approximate surface area is 127 Å². The van der Waals surface area contributed by atoms with Crippen molar-refractivity contribution < 1.29 is 4.74 Å². The van der Waals surface area contributed by atoms with E-state index in [-0.39, 0.29) is 0 Å². The highest BCUT2D eigenvalue weighted by Gasteiger charge is 2.06. The SMILES string of the molecule is Cc1ccccc1OCCN(CCN)Cc1ccccc1. The Kier molecular flexibility index (Phi) is 6.25. The Bertz CT molecular complexity index is 528. The molecule has 0 spiro atoms. The van der Waals surface area contributed by atoms with Gasteiger partial charge >= 0.3 is 0 Å². The fourth-order valence-corrected chi connectivity index (χ4v) is 2.30. The predicted molar refractivity (Wildman–Crippen MR) is 87.4 cm³/mol. The maximum absolute atomic E-state index is 5.87. The minimum absolute atomic E-state index is 0.664. The third-order valence-corrected chi connectivity index (χ3v) is 3.45. The summed E-state index contributed by atoms with van der Waals surface area (Å²) in [7, 11) is 0. The van der Waals surface area contributed by atoms with E-state index in [1.807, 2.05) is 24.3 Å². The van der Waals surface area contributed by atoms with Gasteiger partial charge in [-0.1, -0.05) is 48.5 Å². The van der Waals surface area contributed by atoms with E-state index >= 15 is 0 Å². The van der Waals surface area contributed by atoms with Crippen LogP contribution in [-0.4, -0.2) is 31.1 Å². The van der Waals surface area contributed by atoms with Gasteiger partial charge in [0.25, 0.3) is 0 Å². The summed E-state index contributed by atoms with van der Waals surface area (Å²) in [5.74, 6) is 0.963. The van der Waals surface area contributed by atoms with E-state index in [0.717, 1.165) is 25.4 Å². The first kappa shape index (κ1) is 15.5. The van der Waals surface area contributed by atoms with Crippen molar-refractivity contribution in [2.45, 2.75) is 13.5 Å². The third kappa shape index (κ3) is 5.21. The van der Waals surface area contributed by atoms with Crippen molar-refractivity contribution in [2.24, 2.45) is 5.73 Å². The van der Waals surface area contributed by atoms with Crippen LogP contribution in [0, 0.1) is 6.92 Å². The van der Waals surface area contributed by atoms with Crippen molar-refractivity contribution in [3.8, 4) is 5.75 Å². The number of para-hydroxylation sites is 1. The maximum Gasteiger partial charge on any atom is 0.122 e. The lowest BCUT2D eigenvalue weighted by atomic mass is 10.2. The van der Waals surface area contributed by atoms with Gasteiger partial charge in [0.15, 0.2) is 0 Å². The molecule has 0 radical (unpaired) electrons. The Morgan fingerprint density at radius 3 is 2.38 bits per heavy atom. The average molecular weight is 284 g/mol. The van der Waals surface area contributed by atoms with Crippen molar-refractivity contribution in [3.63, 3.8) is 0 Å². The van der Waals surface area contributed by atoms with Crippen LogP contribution in [0.25, 0.3) is 0 Å². The molecule has 0 saturated carbocycles. The zero-order valence-corrected chi connectivity index (χ0v) is 12.7. The number of hydrogen-bond donors (Lipinski definition) is 1. The van der Waals surface area contributed by atoms with E-state index in [2.05, 4.69) is 42.2 Å². The molecule has 3 nitrogen and oxygen atoms in total. The molecule has 0 fully saturated rings. The number of hydrogen-bond acceptors (Lipinski definition) is 3. The lowest BCUT2D eigenvalue weighted by molar-refractivity contribution is 0.206. The number of aryl methyl sites for hydroxylation is 1. The average Bonchev–Trinajstić information content (AvgIpc) is 2.50. The minimum Gasteiger partial charge on any atom is -0.492 e. The van der Waals surface area contributed by atoms with Crippen LogP contribution < -0.4 is 10.5 Å². The molecule has 2 aromatic carbocycles. The van der Waals surface area contributed by atoms with E-state index in [9.17, 15) is 0 Å². The predicted octanol–water partition coefficient (Wildman–Crippen LogP) is 2.83. The Morgan fingerprint density at radius 1 is 0.952 bits per heavy atom. The van der Waals surface area contributed by atoms with Crippen molar-refractivity contribution in [1.82, 2.24) is 4.90 Å². The number of nitrogens with zero attached hydrogens (tertiary/aromatic N) is 1. The highest BCUT2D eigenvalue weighted by molar-refractivity contribution is 5.31. The van der Waals surface area contributed by atoms with Gasteiger partial charge in [0.05, 0.1) is 0 Å². The molecule has 0 unspecified atom stereocenters. The van der Waals surface area contributed by atoms with Crippen molar-refractivity contribution >= 4 is 0 Å². The molecular formula is C18H24N2O. The van der Waals surface area contributed by atoms with E-state index in [0.29, 0.717) is 13.2 Å². The molecule has 0 aliphatic rings. The van der Waals surface area contributed by atoms with Crippen LogP contribution in [0.2, 0.25) is 0 Å². The molecule has 0 aromatic heterocycles. The maximum atomic E-state index is 5.87. The van der Waals surface area contributed by atoms with Gasteiger partial charge in [-0.2, -0.15) is 0 Å². The highest BCUT2D eigenvalue weighted by Crippen LogP contribution is 2.16. The smallest absolute Gasteiger partial charge is 0.122 e. The summed E-state index contributed by atoms with van der Waals surface area (Å²) >= 11 is 0. The molecule has 2 N–H and O–H groups in total. The second-order valence-corrected chi connectivity index (χ2v) is 5.16. The zero-order chi connectivity index (χ0) is 14.9. The van der Waals surface area contributed by atoms with Crippen LogP contribution in [-0.2, 0) is 6.54 Å². The molecule has 0 aliphatic heterocycles. The van der Waals surface area contributed by atoms with Gasteiger partial charge in [-0.15, -0.1) is 0 Å². The van der Waals surface area contributed by atoms with Gasteiger partial charge < -0.3 is 10.5 Å². The summed E-state index contributed by atoms with van der Waals surface area (Å²) in [6.45, 7) is 6.08. The molecule has 21 heavy (non-hydrogen) atoms. The van der Waals surface area contributed by atoms with Gasteiger partial charge in [-0.05, 0) is 24.1 Å². The van der Waals surface area contributed by atoms with Crippen molar-refractivity contribution in [2.75, 3.05) is 26.2 Å². The highest BCUT2D eigenvalue weighted by atomic mass is 16.5. The fraction of sp³-hybridized carbons (Fsp3) is 0.333. The molecule has 0 bridgehead atoms. The number of rotatable bonds is 8. The van der Waals surface area contributed by atoms with Crippen LogP contribution in [0.15, 0.2) is 54.6 Å². The van der Waals surface area contributed by atoms with E-state index in [1.165, 1.54) is 11.1 Å².